The molecule has 5 heteroatoms. The number of ether oxygens (including phenoxy) is 1. The molecule has 0 aliphatic heterocycles. The molecule has 1 rings (SSSR count). The summed E-state index contributed by atoms with van der Waals surface area (Å²) in [6.45, 7) is 0.988. The maximum Gasteiger partial charge on any atom is 0.317 e. The fourth-order valence-electron chi connectivity index (χ4n) is 1.72. The Morgan fingerprint density at radius 1 is 1.33 bits per heavy atom. The number of hydrogen-bond donors (Lipinski definition) is 1. The third-order valence-electron chi connectivity index (χ3n) is 2.97. The molecule has 0 aromatic carbocycles. The summed E-state index contributed by atoms with van der Waals surface area (Å²) < 4.78 is 5.19. The van der Waals surface area contributed by atoms with Crippen molar-refractivity contribution in [2.45, 2.75) is 5.72 Å². The van der Waals surface area contributed by atoms with E-state index in [4.69, 9.17) is 4.74 Å². The van der Waals surface area contributed by atoms with E-state index in [1.165, 1.54) is 0 Å². The Hall–Kier alpha value is -1.17. The van der Waals surface area contributed by atoms with Crippen molar-refractivity contribution in [3.63, 3.8) is 0 Å². The van der Waals surface area contributed by atoms with Crippen LogP contribution >= 0.6 is 0 Å². The second kappa shape index (κ2) is 6.13. The SMILES string of the molecule is CN(C)CCOC(=O)C1C=CC=CC1(O)N(C)C. The minimum absolute atomic E-state index is 0.323. The van der Waals surface area contributed by atoms with E-state index < -0.39 is 17.6 Å². The summed E-state index contributed by atoms with van der Waals surface area (Å²) in [6.07, 6.45) is 6.74. The quantitative estimate of drug-likeness (QED) is 0.556. The van der Waals surface area contributed by atoms with Gasteiger partial charge in [-0.3, -0.25) is 9.69 Å². The van der Waals surface area contributed by atoms with Gasteiger partial charge in [-0.05, 0) is 34.3 Å². The van der Waals surface area contributed by atoms with E-state index in [9.17, 15) is 9.90 Å². The lowest BCUT2D eigenvalue weighted by molar-refractivity contribution is -0.162. The average Bonchev–Trinajstić information content (AvgIpc) is 2.28. The smallest absolute Gasteiger partial charge is 0.317 e. The predicted octanol–water partition coefficient (Wildman–Crippen LogP) is 0.0836. The molecule has 0 saturated heterocycles. The Morgan fingerprint density at radius 3 is 2.56 bits per heavy atom. The van der Waals surface area contributed by atoms with Crippen LogP contribution in [0, 0.1) is 5.92 Å². The third-order valence-corrected chi connectivity index (χ3v) is 2.97. The highest BCUT2D eigenvalue weighted by Gasteiger charge is 2.41. The van der Waals surface area contributed by atoms with E-state index in [0.29, 0.717) is 13.2 Å². The number of rotatable bonds is 5. The molecule has 18 heavy (non-hydrogen) atoms. The van der Waals surface area contributed by atoms with Crippen molar-refractivity contribution in [3.8, 4) is 0 Å². The van der Waals surface area contributed by atoms with E-state index >= 15 is 0 Å². The first-order valence-corrected chi connectivity index (χ1v) is 5.95. The molecule has 102 valence electrons. The standard InChI is InChI=1S/C13H22N2O3/c1-14(2)9-10-18-12(16)11-7-5-6-8-13(11,17)15(3)4/h5-8,11,17H,9-10H2,1-4H3. The average molecular weight is 254 g/mol. The Kier molecular flexibility index (Phi) is 5.07. The van der Waals surface area contributed by atoms with Gasteiger partial charge in [-0.1, -0.05) is 18.2 Å². The normalized spacial score (nSPS) is 26.9. The zero-order chi connectivity index (χ0) is 13.8. The van der Waals surface area contributed by atoms with Crippen LogP contribution in [0.3, 0.4) is 0 Å². The van der Waals surface area contributed by atoms with Gasteiger partial charge in [0, 0.05) is 6.54 Å². The van der Waals surface area contributed by atoms with Gasteiger partial charge in [0.2, 0.25) is 0 Å². The topological polar surface area (TPSA) is 53.0 Å². The molecule has 5 nitrogen and oxygen atoms in total. The van der Waals surface area contributed by atoms with Crippen LogP contribution in [-0.2, 0) is 9.53 Å². The Balaban J connectivity index is 2.65. The molecule has 0 heterocycles. The molecule has 0 spiro atoms. The molecule has 1 aliphatic rings. The van der Waals surface area contributed by atoms with Gasteiger partial charge >= 0.3 is 5.97 Å². The second-order valence-corrected chi connectivity index (χ2v) is 4.87. The highest BCUT2D eigenvalue weighted by Crippen LogP contribution is 2.27. The number of esters is 1. The van der Waals surface area contributed by atoms with Crippen LogP contribution < -0.4 is 0 Å². The Bertz CT molecular complexity index is 350. The Labute approximate surface area is 108 Å². The van der Waals surface area contributed by atoms with E-state index in [2.05, 4.69) is 0 Å². The summed E-state index contributed by atoms with van der Waals surface area (Å²) in [6, 6.07) is 0. The zero-order valence-electron chi connectivity index (χ0n) is 11.5. The number of carbonyl (C=O) groups is 1. The lowest BCUT2D eigenvalue weighted by Gasteiger charge is -2.37. The highest BCUT2D eigenvalue weighted by atomic mass is 16.5. The van der Waals surface area contributed by atoms with E-state index in [1.807, 2.05) is 19.0 Å². The lowest BCUT2D eigenvalue weighted by atomic mass is 9.90. The van der Waals surface area contributed by atoms with Gasteiger partial charge in [0.15, 0.2) is 5.72 Å². The van der Waals surface area contributed by atoms with Crippen molar-refractivity contribution in [2.75, 3.05) is 41.3 Å². The molecular formula is C13H22N2O3. The summed E-state index contributed by atoms with van der Waals surface area (Å²) in [5.41, 5.74) is -1.32. The van der Waals surface area contributed by atoms with Crippen LogP contribution in [0.15, 0.2) is 24.3 Å². The van der Waals surface area contributed by atoms with Crippen LogP contribution in [0.2, 0.25) is 0 Å². The number of likely N-dealkylation sites (N-methyl/N-ethyl adjacent to an activating group) is 2. The summed E-state index contributed by atoms with van der Waals surface area (Å²) >= 11 is 0. The van der Waals surface area contributed by atoms with E-state index in [0.717, 1.165) is 0 Å². The monoisotopic (exact) mass is 254 g/mol. The van der Waals surface area contributed by atoms with Gasteiger partial charge in [0.1, 0.15) is 12.5 Å². The first-order chi connectivity index (χ1) is 8.38. The first kappa shape index (κ1) is 14.9. The molecule has 0 bridgehead atoms. The van der Waals surface area contributed by atoms with Gasteiger partial charge in [-0.15, -0.1) is 0 Å². The van der Waals surface area contributed by atoms with Crippen LogP contribution in [0.5, 0.6) is 0 Å². The molecule has 0 aromatic rings. The number of allylic oxidation sites excluding steroid dienone is 2. The minimum Gasteiger partial charge on any atom is -0.464 e. The molecule has 1 N–H and O–H groups in total. The zero-order valence-corrected chi connectivity index (χ0v) is 11.5. The largest absolute Gasteiger partial charge is 0.464 e. The second-order valence-electron chi connectivity index (χ2n) is 4.87. The fraction of sp³-hybridized carbons (Fsp3) is 0.615. The summed E-state index contributed by atoms with van der Waals surface area (Å²) in [5.74, 6) is -1.10. The maximum absolute atomic E-state index is 12.0. The lowest BCUT2D eigenvalue weighted by Crippen LogP contribution is -2.52. The maximum atomic E-state index is 12.0. The first-order valence-electron chi connectivity index (χ1n) is 5.95. The Morgan fingerprint density at radius 2 is 2.00 bits per heavy atom. The number of carbonyl (C=O) groups excluding carboxylic acids is 1. The van der Waals surface area contributed by atoms with Crippen molar-refractivity contribution in [1.82, 2.24) is 9.80 Å². The molecular weight excluding hydrogens is 232 g/mol. The van der Waals surface area contributed by atoms with Crippen molar-refractivity contribution in [1.29, 1.82) is 0 Å². The summed E-state index contributed by atoms with van der Waals surface area (Å²) in [7, 11) is 7.27. The predicted molar refractivity (Wildman–Crippen MR) is 69.9 cm³/mol. The van der Waals surface area contributed by atoms with Gasteiger partial charge in [-0.2, -0.15) is 0 Å². The molecule has 0 amide bonds. The minimum atomic E-state index is -1.32. The van der Waals surface area contributed by atoms with Crippen molar-refractivity contribution in [2.24, 2.45) is 5.92 Å². The van der Waals surface area contributed by atoms with Gasteiger partial charge in [0.05, 0.1) is 0 Å². The molecule has 0 fully saturated rings. The van der Waals surface area contributed by atoms with Crippen LogP contribution in [0.4, 0.5) is 0 Å². The third kappa shape index (κ3) is 3.41. The fourth-order valence-corrected chi connectivity index (χ4v) is 1.72. The van der Waals surface area contributed by atoms with Crippen molar-refractivity contribution >= 4 is 5.97 Å². The molecule has 1 aliphatic carbocycles. The van der Waals surface area contributed by atoms with Crippen LogP contribution in [-0.4, -0.2) is 67.9 Å². The molecule has 2 atom stereocenters. The van der Waals surface area contributed by atoms with Gasteiger partial charge < -0.3 is 14.7 Å². The number of hydrogen-bond acceptors (Lipinski definition) is 5. The molecule has 0 radical (unpaired) electrons. The molecule has 0 saturated carbocycles. The summed E-state index contributed by atoms with van der Waals surface area (Å²) in [4.78, 5) is 15.5. The van der Waals surface area contributed by atoms with E-state index in [-0.39, 0.29) is 0 Å². The summed E-state index contributed by atoms with van der Waals surface area (Å²) in [5, 5.41) is 10.5. The van der Waals surface area contributed by atoms with Crippen LogP contribution in [0.25, 0.3) is 0 Å². The van der Waals surface area contributed by atoms with Gasteiger partial charge in [0.25, 0.3) is 0 Å². The highest BCUT2D eigenvalue weighted by molar-refractivity contribution is 5.77. The number of aliphatic hydroxyl groups is 1. The van der Waals surface area contributed by atoms with Crippen molar-refractivity contribution < 1.29 is 14.6 Å². The molecule has 2 unspecified atom stereocenters. The molecule has 0 aromatic heterocycles. The van der Waals surface area contributed by atoms with Crippen molar-refractivity contribution in [3.05, 3.63) is 24.3 Å². The number of nitrogens with zero attached hydrogens (tertiary/aromatic N) is 2. The van der Waals surface area contributed by atoms with Gasteiger partial charge in [-0.25, -0.2) is 0 Å². The van der Waals surface area contributed by atoms with Crippen LogP contribution in [0.1, 0.15) is 0 Å². The van der Waals surface area contributed by atoms with E-state index in [1.54, 1.807) is 43.3 Å².